The number of carbonyl (C=O) groups excluding carboxylic acids is 2. The average molecular weight is 272 g/mol. The van der Waals surface area contributed by atoms with E-state index in [-0.39, 0.29) is 11.8 Å². The Hall–Kier alpha value is -1.77. The Bertz CT molecular complexity index is 444. The fraction of sp³-hybridized carbons (Fsp3) is 0.556. The van der Waals surface area contributed by atoms with Gasteiger partial charge in [-0.2, -0.15) is 0 Å². The lowest BCUT2D eigenvalue weighted by Gasteiger charge is -2.08. The Labute approximate surface area is 109 Å². The van der Waals surface area contributed by atoms with Crippen LogP contribution in [0.5, 0.6) is 0 Å². The van der Waals surface area contributed by atoms with Crippen LogP contribution in [0.2, 0.25) is 0 Å². The molecular weight excluding hydrogens is 256 g/mol. The standard InChI is InChI=1S/C9H16N6O2S/c1-5(2)11-8(17)12-7(16)4-18-9-14-13-6(3)15(9)10/h5H,4,10H2,1-3H3,(H2,11,12,16,17). The van der Waals surface area contributed by atoms with Crippen molar-refractivity contribution >= 4 is 23.7 Å². The zero-order valence-corrected chi connectivity index (χ0v) is 11.2. The molecule has 0 fully saturated rings. The van der Waals surface area contributed by atoms with E-state index < -0.39 is 11.9 Å². The first-order valence-electron chi connectivity index (χ1n) is 5.30. The molecule has 0 unspecified atom stereocenters. The van der Waals surface area contributed by atoms with Crippen LogP contribution < -0.4 is 16.5 Å². The van der Waals surface area contributed by atoms with Crippen molar-refractivity contribution in [2.45, 2.75) is 32.0 Å². The molecule has 0 radical (unpaired) electrons. The maximum atomic E-state index is 11.4. The quantitative estimate of drug-likeness (QED) is 0.508. The molecule has 1 heterocycles. The third kappa shape index (κ3) is 4.24. The lowest BCUT2D eigenvalue weighted by molar-refractivity contribution is -0.117. The van der Waals surface area contributed by atoms with E-state index in [9.17, 15) is 9.59 Å². The number of imide groups is 1. The van der Waals surface area contributed by atoms with E-state index in [0.717, 1.165) is 11.8 Å². The minimum absolute atomic E-state index is 0.0276. The molecule has 0 saturated carbocycles. The summed E-state index contributed by atoms with van der Waals surface area (Å²) < 4.78 is 1.28. The third-order valence-electron chi connectivity index (χ3n) is 1.84. The molecule has 3 amide bonds. The first kappa shape index (κ1) is 14.3. The van der Waals surface area contributed by atoms with Crippen LogP contribution in [0, 0.1) is 6.92 Å². The smallest absolute Gasteiger partial charge is 0.321 e. The predicted octanol–water partition coefficient (Wildman–Crippen LogP) is -0.373. The molecular formula is C9H16N6O2S. The normalized spacial score (nSPS) is 10.4. The number of thioether (sulfide) groups is 1. The van der Waals surface area contributed by atoms with Gasteiger partial charge in [-0.3, -0.25) is 10.1 Å². The summed E-state index contributed by atoms with van der Waals surface area (Å²) in [5.74, 6) is 5.79. The molecule has 0 spiro atoms. The van der Waals surface area contributed by atoms with Crippen LogP contribution in [-0.4, -0.2) is 38.6 Å². The van der Waals surface area contributed by atoms with Gasteiger partial charge in [-0.1, -0.05) is 11.8 Å². The number of aromatic nitrogens is 3. The molecule has 18 heavy (non-hydrogen) atoms. The Morgan fingerprint density at radius 2 is 2.11 bits per heavy atom. The molecule has 9 heteroatoms. The maximum absolute atomic E-state index is 11.4. The summed E-state index contributed by atoms with van der Waals surface area (Å²) in [6, 6.07) is -0.541. The Morgan fingerprint density at radius 3 is 2.61 bits per heavy atom. The zero-order chi connectivity index (χ0) is 13.7. The Balaban J connectivity index is 2.38. The van der Waals surface area contributed by atoms with Gasteiger partial charge in [0.05, 0.1) is 5.75 Å². The molecule has 4 N–H and O–H groups in total. The van der Waals surface area contributed by atoms with Crippen LogP contribution in [0.3, 0.4) is 0 Å². The van der Waals surface area contributed by atoms with Gasteiger partial charge in [-0.15, -0.1) is 10.2 Å². The molecule has 100 valence electrons. The minimum atomic E-state index is -0.513. The highest BCUT2D eigenvalue weighted by Gasteiger charge is 2.12. The largest absolute Gasteiger partial charge is 0.336 e. The molecule has 1 rings (SSSR count). The van der Waals surface area contributed by atoms with Crippen molar-refractivity contribution in [3.8, 4) is 0 Å². The van der Waals surface area contributed by atoms with Gasteiger partial charge in [0.1, 0.15) is 5.82 Å². The summed E-state index contributed by atoms with van der Waals surface area (Å²) in [7, 11) is 0. The van der Waals surface area contributed by atoms with E-state index in [1.807, 2.05) is 0 Å². The van der Waals surface area contributed by atoms with Crippen molar-refractivity contribution in [3.63, 3.8) is 0 Å². The number of hydrogen-bond donors (Lipinski definition) is 3. The molecule has 0 bridgehead atoms. The summed E-state index contributed by atoms with van der Waals surface area (Å²) >= 11 is 1.11. The number of nitrogens with zero attached hydrogens (tertiary/aromatic N) is 3. The van der Waals surface area contributed by atoms with Crippen LogP contribution in [0.15, 0.2) is 5.16 Å². The highest BCUT2D eigenvalue weighted by molar-refractivity contribution is 7.99. The van der Waals surface area contributed by atoms with Crippen molar-refractivity contribution in [2.75, 3.05) is 11.6 Å². The number of urea groups is 1. The van der Waals surface area contributed by atoms with Crippen LogP contribution in [0.1, 0.15) is 19.7 Å². The van der Waals surface area contributed by atoms with Gasteiger partial charge in [0, 0.05) is 6.04 Å². The fourth-order valence-electron chi connectivity index (χ4n) is 1.04. The second-order valence-corrected chi connectivity index (χ2v) is 4.81. The average Bonchev–Trinajstić information content (AvgIpc) is 2.56. The lowest BCUT2D eigenvalue weighted by Crippen LogP contribution is -2.43. The monoisotopic (exact) mass is 272 g/mol. The second kappa shape index (κ2) is 6.24. The number of carbonyl (C=O) groups is 2. The van der Waals surface area contributed by atoms with Crippen molar-refractivity contribution < 1.29 is 9.59 Å². The minimum Gasteiger partial charge on any atom is -0.336 e. The van der Waals surface area contributed by atoms with Crippen LogP contribution in [0.4, 0.5) is 4.79 Å². The van der Waals surface area contributed by atoms with E-state index >= 15 is 0 Å². The molecule has 0 aliphatic heterocycles. The van der Waals surface area contributed by atoms with Crippen molar-refractivity contribution in [1.29, 1.82) is 0 Å². The zero-order valence-electron chi connectivity index (χ0n) is 10.4. The van der Waals surface area contributed by atoms with E-state index in [1.165, 1.54) is 4.68 Å². The molecule has 8 nitrogen and oxygen atoms in total. The molecule has 0 aliphatic carbocycles. The number of aryl methyl sites for hydroxylation is 1. The highest BCUT2D eigenvalue weighted by atomic mass is 32.2. The van der Waals surface area contributed by atoms with E-state index in [1.54, 1.807) is 20.8 Å². The first-order valence-corrected chi connectivity index (χ1v) is 6.29. The summed E-state index contributed by atoms with van der Waals surface area (Å²) in [5, 5.41) is 12.7. The van der Waals surface area contributed by atoms with Gasteiger partial charge < -0.3 is 11.2 Å². The fourth-order valence-corrected chi connectivity index (χ4v) is 1.74. The first-order chi connectivity index (χ1) is 8.40. The molecule has 0 aromatic carbocycles. The molecule has 1 aromatic rings. The van der Waals surface area contributed by atoms with Crippen molar-refractivity contribution in [1.82, 2.24) is 25.5 Å². The van der Waals surface area contributed by atoms with E-state index in [0.29, 0.717) is 11.0 Å². The second-order valence-electron chi connectivity index (χ2n) is 3.86. The van der Waals surface area contributed by atoms with Gasteiger partial charge in [0.2, 0.25) is 11.1 Å². The summed E-state index contributed by atoms with van der Waals surface area (Å²) in [4.78, 5) is 22.7. The summed E-state index contributed by atoms with van der Waals surface area (Å²) in [5.41, 5.74) is 0. The molecule has 1 aromatic heterocycles. The van der Waals surface area contributed by atoms with Gasteiger partial charge in [0.15, 0.2) is 0 Å². The number of hydrogen-bond acceptors (Lipinski definition) is 6. The molecule has 0 saturated heterocycles. The number of rotatable bonds is 4. The summed E-state index contributed by atoms with van der Waals surface area (Å²) in [6.07, 6.45) is 0. The van der Waals surface area contributed by atoms with Crippen molar-refractivity contribution in [3.05, 3.63) is 5.82 Å². The third-order valence-corrected chi connectivity index (χ3v) is 2.78. The number of nitrogens with one attached hydrogen (secondary N) is 2. The maximum Gasteiger partial charge on any atom is 0.321 e. The van der Waals surface area contributed by atoms with Gasteiger partial charge >= 0.3 is 6.03 Å². The van der Waals surface area contributed by atoms with Crippen LogP contribution in [0.25, 0.3) is 0 Å². The SMILES string of the molecule is Cc1nnc(SCC(=O)NC(=O)NC(C)C)n1N. The highest BCUT2D eigenvalue weighted by Crippen LogP contribution is 2.13. The Kier molecular flexibility index (Phi) is 4.95. The van der Waals surface area contributed by atoms with Gasteiger partial charge in [-0.25, -0.2) is 9.47 Å². The number of nitrogens with two attached hydrogens (primary N) is 1. The number of amides is 3. The molecule has 0 aliphatic rings. The Morgan fingerprint density at radius 1 is 1.44 bits per heavy atom. The predicted molar refractivity (Wildman–Crippen MR) is 67.4 cm³/mol. The van der Waals surface area contributed by atoms with Crippen LogP contribution in [-0.2, 0) is 4.79 Å². The number of nitrogen functional groups attached to an aromatic ring is 1. The van der Waals surface area contributed by atoms with Gasteiger partial charge in [-0.05, 0) is 20.8 Å². The lowest BCUT2D eigenvalue weighted by atomic mass is 10.4. The topological polar surface area (TPSA) is 115 Å². The molecule has 0 atom stereocenters. The van der Waals surface area contributed by atoms with Crippen molar-refractivity contribution in [2.24, 2.45) is 0 Å². The summed E-state index contributed by atoms with van der Waals surface area (Å²) in [6.45, 7) is 5.31. The van der Waals surface area contributed by atoms with E-state index in [2.05, 4.69) is 20.8 Å². The van der Waals surface area contributed by atoms with Crippen LogP contribution >= 0.6 is 11.8 Å². The van der Waals surface area contributed by atoms with E-state index in [4.69, 9.17) is 5.84 Å². The van der Waals surface area contributed by atoms with Gasteiger partial charge in [0.25, 0.3) is 0 Å².